The maximum absolute atomic E-state index is 12.7. The summed E-state index contributed by atoms with van der Waals surface area (Å²) in [4.78, 5) is 49.3. The third kappa shape index (κ3) is 5.87. The zero-order chi connectivity index (χ0) is 19.9. The van der Waals surface area contributed by atoms with Crippen LogP contribution >= 0.6 is 12.6 Å². The Morgan fingerprint density at radius 2 is 2.00 bits per heavy atom. The Morgan fingerprint density at radius 3 is 2.54 bits per heavy atom. The maximum Gasteiger partial charge on any atom is 0.322 e. The molecule has 0 saturated carbocycles. The summed E-state index contributed by atoms with van der Waals surface area (Å²) < 4.78 is 0. The van der Waals surface area contributed by atoms with Crippen molar-refractivity contribution < 1.29 is 24.3 Å². The van der Waals surface area contributed by atoms with Crippen LogP contribution < -0.4 is 16.4 Å². The molecule has 1 rings (SSSR count). The first-order chi connectivity index (χ1) is 12.2. The highest BCUT2D eigenvalue weighted by atomic mass is 32.1. The molecule has 1 fully saturated rings. The van der Waals surface area contributed by atoms with E-state index in [1.165, 1.54) is 4.90 Å². The highest BCUT2D eigenvalue weighted by Gasteiger charge is 2.38. The predicted molar refractivity (Wildman–Crippen MR) is 98.6 cm³/mol. The molecular formula is C16H28N4O5S. The van der Waals surface area contributed by atoms with Gasteiger partial charge in [-0.15, -0.1) is 0 Å². The SMILES string of the molecule is CCC(C)C(NC(=O)C1CCCN1C(=O)C(N)CS)C(=O)NCC(=O)O. The molecule has 1 aliphatic heterocycles. The van der Waals surface area contributed by atoms with E-state index >= 15 is 0 Å². The van der Waals surface area contributed by atoms with Crippen LogP contribution in [-0.2, 0) is 19.2 Å². The van der Waals surface area contributed by atoms with Gasteiger partial charge < -0.3 is 26.4 Å². The Balaban J connectivity index is 2.83. The van der Waals surface area contributed by atoms with Gasteiger partial charge in [0.05, 0.1) is 6.04 Å². The minimum absolute atomic E-state index is 0.177. The fourth-order valence-corrected chi connectivity index (χ4v) is 2.97. The van der Waals surface area contributed by atoms with Gasteiger partial charge in [0.15, 0.2) is 0 Å². The number of hydrogen-bond donors (Lipinski definition) is 5. The second-order valence-corrected chi connectivity index (χ2v) is 6.83. The monoisotopic (exact) mass is 388 g/mol. The van der Waals surface area contributed by atoms with Crippen LogP contribution in [0.15, 0.2) is 0 Å². The number of rotatable bonds is 9. The summed E-state index contributed by atoms with van der Waals surface area (Å²) in [6, 6.07) is -2.34. The van der Waals surface area contributed by atoms with Gasteiger partial charge in [0.1, 0.15) is 18.6 Å². The summed E-state index contributed by atoms with van der Waals surface area (Å²) in [5, 5.41) is 13.7. The van der Waals surface area contributed by atoms with Gasteiger partial charge in [0, 0.05) is 12.3 Å². The minimum Gasteiger partial charge on any atom is -0.480 e. The fourth-order valence-electron chi connectivity index (χ4n) is 2.82. The number of carboxylic acids is 1. The van der Waals surface area contributed by atoms with Crippen molar-refractivity contribution >= 4 is 36.3 Å². The first-order valence-corrected chi connectivity index (χ1v) is 9.32. The summed E-state index contributed by atoms with van der Waals surface area (Å²) in [6.45, 7) is 3.56. The summed E-state index contributed by atoms with van der Waals surface area (Å²) in [6.07, 6.45) is 1.77. The molecule has 5 N–H and O–H groups in total. The lowest BCUT2D eigenvalue weighted by Crippen LogP contribution is -2.57. The number of aliphatic carboxylic acids is 1. The van der Waals surface area contributed by atoms with Crippen molar-refractivity contribution in [3.8, 4) is 0 Å². The van der Waals surface area contributed by atoms with Crippen molar-refractivity contribution in [2.75, 3.05) is 18.8 Å². The van der Waals surface area contributed by atoms with Gasteiger partial charge in [-0.25, -0.2) is 0 Å². The van der Waals surface area contributed by atoms with Gasteiger partial charge in [-0.3, -0.25) is 19.2 Å². The summed E-state index contributed by atoms with van der Waals surface area (Å²) >= 11 is 4.02. The van der Waals surface area contributed by atoms with Crippen LogP contribution in [0.1, 0.15) is 33.1 Å². The van der Waals surface area contributed by atoms with E-state index in [9.17, 15) is 19.2 Å². The Morgan fingerprint density at radius 1 is 1.35 bits per heavy atom. The number of carbonyl (C=O) groups excluding carboxylic acids is 3. The number of carbonyl (C=O) groups is 4. The zero-order valence-electron chi connectivity index (χ0n) is 15.1. The molecular weight excluding hydrogens is 360 g/mol. The first kappa shape index (κ1) is 22.2. The molecule has 1 heterocycles. The Kier molecular flexibility index (Phi) is 8.86. The van der Waals surface area contributed by atoms with Crippen LogP contribution in [0.2, 0.25) is 0 Å². The average molecular weight is 388 g/mol. The lowest BCUT2D eigenvalue weighted by Gasteiger charge is -2.29. The molecule has 0 bridgehead atoms. The summed E-state index contributed by atoms with van der Waals surface area (Å²) in [5.41, 5.74) is 5.73. The largest absolute Gasteiger partial charge is 0.480 e. The topological polar surface area (TPSA) is 142 Å². The third-order valence-corrected chi connectivity index (χ3v) is 4.95. The quantitative estimate of drug-likeness (QED) is 0.320. The number of nitrogens with two attached hydrogens (primary N) is 1. The molecule has 0 aromatic carbocycles. The Bertz CT molecular complexity index is 545. The van der Waals surface area contributed by atoms with E-state index in [1.54, 1.807) is 6.92 Å². The van der Waals surface area contributed by atoms with Crippen molar-refractivity contribution in [1.82, 2.24) is 15.5 Å². The van der Waals surface area contributed by atoms with Crippen LogP contribution in [-0.4, -0.2) is 70.7 Å². The Hall–Kier alpha value is -1.81. The first-order valence-electron chi connectivity index (χ1n) is 8.69. The number of likely N-dealkylation sites (tertiary alicyclic amines) is 1. The maximum atomic E-state index is 12.7. The standard InChI is InChI=1S/C16H28N4O5S/c1-3-9(2)13(15(24)18-7-12(21)22)19-14(23)11-5-4-6-20(11)16(25)10(17)8-26/h9-11,13,26H,3-8,17H2,1-2H3,(H,18,24)(H,19,23)(H,21,22). The van der Waals surface area contributed by atoms with Gasteiger partial charge in [-0.05, 0) is 18.8 Å². The van der Waals surface area contributed by atoms with Crippen molar-refractivity contribution in [3.63, 3.8) is 0 Å². The van der Waals surface area contributed by atoms with Gasteiger partial charge in [-0.1, -0.05) is 20.3 Å². The zero-order valence-corrected chi connectivity index (χ0v) is 16.0. The van der Waals surface area contributed by atoms with E-state index in [4.69, 9.17) is 10.8 Å². The lowest BCUT2D eigenvalue weighted by atomic mass is 9.97. The lowest BCUT2D eigenvalue weighted by molar-refractivity contribution is -0.141. The Labute approximate surface area is 158 Å². The number of amides is 3. The molecule has 0 spiro atoms. The van der Waals surface area contributed by atoms with Crippen LogP contribution in [0.4, 0.5) is 0 Å². The van der Waals surface area contributed by atoms with E-state index in [-0.39, 0.29) is 17.6 Å². The molecule has 0 radical (unpaired) electrons. The molecule has 4 unspecified atom stereocenters. The average Bonchev–Trinajstić information content (AvgIpc) is 3.11. The van der Waals surface area contributed by atoms with Crippen LogP contribution in [0.3, 0.4) is 0 Å². The number of hydrogen-bond acceptors (Lipinski definition) is 6. The molecule has 1 aliphatic rings. The van der Waals surface area contributed by atoms with Crippen molar-refractivity contribution in [2.24, 2.45) is 11.7 Å². The van der Waals surface area contributed by atoms with E-state index in [0.717, 1.165) is 0 Å². The molecule has 9 nitrogen and oxygen atoms in total. The molecule has 0 aliphatic carbocycles. The summed E-state index contributed by atoms with van der Waals surface area (Å²) in [7, 11) is 0. The van der Waals surface area contributed by atoms with Gasteiger partial charge in [0.25, 0.3) is 0 Å². The molecule has 10 heteroatoms. The van der Waals surface area contributed by atoms with Crippen molar-refractivity contribution in [1.29, 1.82) is 0 Å². The predicted octanol–water partition coefficient (Wildman–Crippen LogP) is -1.03. The van der Waals surface area contributed by atoms with Crippen LogP contribution in [0, 0.1) is 5.92 Å². The highest BCUT2D eigenvalue weighted by Crippen LogP contribution is 2.19. The van der Waals surface area contributed by atoms with Crippen LogP contribution in [0.5, 0.6) is 0 Å². The molecule has 148 valence electrons. The van der Waals surface area contributed by atoms with Crippen molar-refractivity contribution in [2.45, 2.75) is 51.2 Å². The normalized spacial score (nSPS) is 20.2. The molecule has 1 saturated heterocycles. The third-order valence-electron chi connectivity index (χ3n) is 4.56. The van der Waals surface area contributed by atoms with E-state index < -0.39 is 42.5 Å². The molecule has 3 amide bonds. The number of thiol groups is 1. The molecule has 26 heavy (non-hydrogen) atoms. The number of nitrogens with one attached hydrogen (secondary N) is 2. The molecule has 0 aromatic heterocycles. The minimum atomic E-state index is -1.17. The van der Waals surface area contributed by atoms with Gasteiger partial charge >= 0.3 is 5.97 Å². The van der Waals surface area contributed by atoms with Crippen LogP contribution in [0.25, 0.3) is 0 Å². The smallest absolute Gasteiger partial charge is 0.322 e. The van der Waals surface area contributed by atoms with E-state index in [2.05, 4.69) is 23.3 Å². The van der Waals surface area contributed by atoms with E-state index in [1.807, 2.05) is 6.92 Å². The second kappa shape index (κ2) is 10.4. The fraction of sp³-hybridized carbons (Fsp3) is 0.750. The van der Waals surface area contributed by atoms with Crippen molar-refractivity contribution in [3.05, 3.63) is 0 Å². The van der Waals surface area contributed by atoms with Gasteiger partial charge in [-0.2, -0.15) is 12.6 Å². The van der Waals surface area contributed by atoms with Gasteiger partial charge in [0.2, 0.25) is 17.7 Å². The number of nitrogens with zero attached hydrogens (tertiary/aromatic N) is 1. The molecule has 0 aromatic rings. The second-order valence-electron chi connectivity index (χ2n) is 6.46. The molecule has 4 atom stereocenters. The van der Waals surface area contributed by atoms with E-state index in [0.29, 0.717) is 25.8 Å². The highest BCUT2D eigenvalue weighted by molar-refractivity contribution is 7.80. The summed E-state index contributed by atoms with van der Waals surface area (Å²) in [5.74, 6) is -2.51. The number of carboxylic acid groups (broad SMARTS) is 1.